The summed E-state index contributed by atoms with van der Waals surface area (Å²) in [5, 5.41) is 49.7. The summed E-state index contributed by atoms with van der Waals surface area (Å²) in [7, 11) is 4.03. The van der Waals surface area contributed by atoms with Crippen LogP contribution in [0.15, 0.2) is 85.2 Å². The van der Waals surface area contributed by atoms with Crippen molar-refractivity contribution < 1.29 is 91.7 Å². The largest absolute Gasteiger partial charge is 0.508 e. The standard InChI is InChI=1S/C89H128N20O19S/c1-13-15-26-68-80(120)97-60(34-48(3)4)77(117)102-67(76(116)95-44-73(92)113)46-129-47-74(114)96-63(36-51-29-31-54(110)32-30-51)83(123)105(10)50(7)75(115)99-65(40-72(91)112)85(125)108-33-21-28-69(108)81(121)101-66(41-90)78(118)100-62(35-49(5)6)86(126)109-45-55(111)39-71(109)82(122)98-61(37-52-42-93-58-24-19-17-22-56(52)58)79(119)104-89(8,9)88(128)103-64(38-53-43-94-59-25-20-18-23-57(53)59)84(124)107(12)70(27-16-14-2)87(127)106(68)11/h17-20,22-25,29-32,42-43,48-50,55,60-71,93-94,110-111H,13-16,21,26-28,33-41,44-47,90H2,1-12H3,(H2,91,112)(H2,92,113)(H,95,116)(H,96,114)(H,97,120)(H,98,122)(H,99,115)(H,100,118)(H,101,121)(H,102,117)(H,103,128)(H,104,119)/t50-,55+,60-,61-,62-,63-,64-,65-,66-,67-,68-,69-,70-,71-/m0/s1. The third-order valence-electron chi connectivity index (χ3n) is 23.5. The molecule has 14 atom stereocenters. The zero-order valence-electron chi connectivity index (χ0n) is 75.4. The van der Waals surface area contributed by atoms with Crippen LogP contribution in [0.2, 0.25) is 0 Å². The molecule has 17 amide bonds. The molecule has 0 saturated carbocycles. The molecule has 3 saturated heterocycles. The van der Waals surface area contributed by atoms with Crippen molar-refractivity contribution in [1.82, 2.24) is 87.6 Å². The summed E-state index contributed by atoms with van der Waals surface area (Å²) in [6, 6.07) is 0.784. The van der Waals surface area contributed by atoms with E-state index in [0.29, 0.717) is 64.2 Å². The van der Waals surface area contributed by atoms with Crippen LogP contribution >= 0.6 is 11.8 Å². The minimum atomic E-state index is -1.95. The third kappa shape index (κ3) is 27.9. The van der Waals surface area contributed by atoms with Gasteiger partial charge in [0.25, 0.3) is 0 Å². The first-order chi connectivity index (χ1) is 61.1. The minimum absolute atomic E-state index is 0.000108. The Hall–Kier alpha value is -12.2. The summed E-state index contributed by atoms with van der Waals surface area (Å²) in [6.07, 6.45) is 2.24. The Morgan fingerprint density at radius 2 is 1.07 bits per heavy atom. The van der Waals surface area contributed by atoms with Crippen LogP contribution in [0, 0.1) is 11.8 Å². The number of nitrogens with one attached hydrogen (secondary N) is 12. The van der Waals surface area contributed by atoms with Crippen molar-refractivity contribution in [2.75, 3.05) is 58.8 Å². The van der Waals surface area contributed by atoms with Crippen molar-refractivity contribution in [3.05, 3.63) is 102 Å². The van der Waals surface area contributed by atoms with Gasteiger partial charge in [0.2, 0.25) is 100 Å². The van der Waals surface area contributed by atoms with Gasteiger partial charge in [0.1, 0.15) is 89.8 Å². The highest BCUT2D eigenvalue weighted by molar-refractivity contribution is 8.00. The molecule has 3 fully saturated rings. The number of rotatable bonds is 22. The van der Waals surface area contributed by atoms with Gasteiger partial charge in [-0.15, -0.1) is 11.8 Å². The van der Waals surface area contributed by atoms with Gasteiger partial charge in [-0.1, -0.05) is 116 Å². The number of phenolic OH excluding ortho intramolecular Hbond substituents is 1. The topological polar surface area (TPSA) is 577 Å². The van der Waals surface area contributed by atoms with E-state index in [1.807, 2.05) is 26.0 Å². The molecule has 8 rings (SSSR count). The first-order valence-electron chi connectivity index (χ1n) is 43.9. The lowest BCUT2D eigenvalue weighted by molar-refractivity contribution is -0.149. The summed E-state index contributed by atoms with van der Waals surface area (Å²) < 4.78 is 0. The molecule has 2 aromatic heterocycles. The molecule has 0 spiro atoms. The van der Waals surface area contributed by atoms with Gasteiger partial charge in [-0.2, -0.15) is 0 Å². The van der Waals surface area contributed by atoms with E-state index in [0.717, 1.165) is 26.5 Å². The number of unbranched alkanes of at least 4 members (excludes halogenated alkanes) is 2. The molecule has 0 bridgehead atoms. The minimum Gasteiger partial charge on any atom is -0.508 e. The van der Waals surface area contributed by atoms with Crippen molar-refractivity contribution >= 4 is 134 Å². The van der Waals surface area contributed by atoms with Gasteiger partial charge in [-0.05, 0) is 112 Å². The van der Waals surface area contributed by atoms with Crippen molar-refractivity contribution in [1.29, 1.82) is 0 Å². The van der Waals surface area contributed by atoms with Crippen LogP contribution in [0.1, 0.15) is 156 Å². The van der Waals surface area contributed by atoms with Gasteiger partial charge in [-0.25, -0.2) is 0 Å². The Morgan fingerprint density at radius 1 is 0.550 bits per heavy atom. The van der Waals surface area contributed by atoms with Crippen LogP contribution in [-0.2, 0) is 101 Å². The van der Waals surface area contributed by atoms with Gasteiger partial charge in [-0.3, -0.25) is 81.5 Å². The number of aromatic hydroxyl groups is 1. The summed E-state index contributed by atoms with van der Waals surface area (Å²) in [6.45, 7) is 13.1. The Kier molecular flexibility index (Phi) is 37.4. The average Bonchev–Trinajstić information content (AvgIpc) is 1.56. The molecule has 0 unspecified atom stereocenters. The van der Waals surface area contributed by atoms with Crippen molar-refractivity contribution in [3.63, 3.8) is 0 Å². The number of primary amides is 2. The van der Waals surface area contributed by atoms with Crippen LogP contribution in [0.5, 0.6) is 5.75 Å². The number of thioether (sulfide) groups is 1. The van der Waals surface area contributed by atoms with Crippen LogP contribution in [0.4, 0.5) is 0 Å². The van der Waals surface area contributed by atoms with Crippen LogP contribution in [0.3, 0.4) is 0 Å². The van der Waals surface area contributed by atoms with E-state index in [2.05, 4.69) is 63.1 Å². The zero-order valence-corrected chi connectivity index (χ0v) is 76.2. The molecule has 39 nitrogen and oxygen atoms in total. The fraction of sp³-hybridized carbons (Fsp3) is 0.562. The second-order valence-corrected chi connectivity index (χ2v) is 35.9. The maximum absolute atomic E-state index is 15.8. The number of aliphatic hydroxyl groups is 1. The summed E-state index contributed by atoms with van der Waals surface area (Å²) in [5.74, 6) is -16.8. The third-order valence-corrected chi connectivity index (χ3v) is 24.5. The van der Waals surface area contributed by atoms with Crippen molar-refractivity contribution in [2.24, 2.45) is 29.0 Å². The van der Waals surface area contributed by atoms with Gasteiger partial charge < -0.3 is 115 Å². The van der Waals surface area contributed by atoms with E-state index in [1.165, 1.54) is 76.0 Å². The maximum atomic E-state index is 15.8. The molecule has 129 heavy (non-hydrogen) atoms. The number of nitrogens with two attached hydrogens (primary N) is 3. The highest BCUT2D eigenvalue weighted by atomic mass is 32.2. The Morgan fingerprint density at radius 3 is 1.66 bits per heavy atom. The molecule has 0 radical (unpaired) electrons. The second-order valence-electron chi connectivity index (χ2n) is 34.9. The molecule has 20 N–H and O–H groups in total. The second kappa shape index (κ2) is 47.2. The molecule has 0 aliphatic carbocycles. The van der Waals surface area contributed by atoms with E-state index < -0.39 is 222 Å². The average molecular weight is 1810 g/mol. The lowest BCUT2D eigenvalue weighted by Crippen LogP contribution is -2.64. The van der Waals surface area contributed by atoms with E-state index in [1.54, 1.807) is 76.5 Å². The number of nitrogens with zero attached hydrogens (tertiary/aromatic N) is 5. The number of hydrogen-bond donors (Lipinski definition) is 17. The highest BCUT2D eigenvalue weighted by Crippen LogP contribution is 2.28. The van der Waals surface area contributed by atoms with Crippen LogP contribution < -0.4 is 70.4 Å². The Bertz CT molecular complexity index is 4860. The van der Waals surface area contributed by atoms with E-state index in [9.17, 15) is 58.2 Å². The monoisotopic (exact) mass is 1810 g/mol. The van der Waals surface area contributed by atoms with Crippen LogP contribution in [0.25, 0.3) is 21.8 Å². The number of aliphatic hydroxyl groups excluding tert-OH is 1. The first kappa shape index (κ1) is 102. The molecule has 3 aliphatic rings. The van der Waals surface area contributed by atoms with Crippen LogP contribution in [-0.4, -0.2) is 294 Å². The number of carbonyl (C=O) groups is 17. The first-order valence-corrected chi connectivity index (χ1v) is 45.1. The lowest BCUT2D eigenvalue weighted by Gasteiger charge is -2.37. The molecular weight excluding hydrogens is 1690 g/mol. The van der Waals surface area contributed by atoms with Gasteiger partial charge in [0.05, 0.1) is 24.8 Å². The zero-order chi connectivity index (χ0) is 95.0. The predicted octanol–water partition coefficient (Wildman–Crippen LogP) is -0.735. The normalized spacial score (nSPS) is 25.3. The number of carbonyl (C=O) groups excluding carboxylic acids is 17. The summed E-state index contributed by atoms with van der Waals surface area (Å²) in [4.78, 5) is 260. The fourth-order valence-corrected chi connectivity index (χ4v) is 17.0. The molecule has 704 valence electrons. The molecule has 3 aromatic carbocycles. The fourth-order valence-electron chi connectivity index (χ4n) is 16.2. The number of aromatic amines is 2. The van der Waals surface area contributed by atoms with Gasteiger partial charge in [0.15, 0.2) is 0 Å². The smallest absolute Gasteiger partial charge is 0.246 e. The van der Waals surface area contributed by atoms with Gasteiger partial charge >= 0.3 is 0 Å². The number of hydrogen-bond acceptors (Lipinski definition) is 21. The van der Waals surface area contributed by atoms with E-state index in [-0.39, 0.29) is 94.1 Å². The maximum Gasteiger partial charge on any atom is 0.246 e. The number of likely N-dealkylation sites (N-methyl/N-ethyl adjacent to an activating group) is 3. The molecular formula is C89H128N20O19S. The number of fused-ring (bicyclic) bond motifs is 4. The Labute approximate surface area is 754 Å². The number of H-pyrrole nitrogens is 2. The quantitative estimate of drug-likeness (QED) is 0.0406. The van der Waals surface area contributed by atoms with E-state index >= 15 is 33.6 Å². The predicted molar refractivity (Wildman–Crippen MR) is 480 cm³/mol. The van der Waals surface area contributed by atoms with E-state index in [4.69, 9.17) is 17.2 Å². The molecule has 3 aliphatic heterocycles. The molecule has 5 aromatic rings. The molecule has 5 heterocycles. The number of aromatic nitrogens is 2. The highest BCUT2D eigenvalue weighted by Gasteiger charge is 2.47. The SMILES string of the molecule is CCCC[C@H]1C(=O)N(C)[C@@H](CCCC)C(=O)N[C@@H](CC(C)C)C(=O)N[C@H](C(=O)NCC(N)=O)CSCC(=O)N[C@@H](Cc2ccc(O)cc2)C(=O)N(C)[C@@H](C)C(=O)N[C@@H](CC(N)=O)C(=O)N2CCC[C@H]2C(=O)N[C@@H](CN)C(=O)N[C@@H](CC(C)C)C(=O)N2C[C@H](O)C[C@H]2C(=O)N[C@@H](Cc2c[nH]c3ccccc23)C(=O)NC(C)(C)C(=O)N[C@@H](Cc2c[nH]c3ccccc23)C(=O)N1C. The number of phenols is 1. The number of para-hydroxylation sites is 2. The number of benzene rings is 3. The molecule has 40 heteroatoms. The Balaban J connectivity index is 1.18. The van der Waals surface area contributed by atoms with Crippen molar-refractivity contribution in [2.45, 2.75) is 249 Å². The summed E-state index contributed by atoms with van der Waals surface area (Å²) >= 11 is 0.804. The lowest BCUT2D eigenvalue weighted by atomic mass is 9.97. The van der Waals surface area contributed by atoms with Crippen molar-refractivity contribution in [3.8, 4) is 5.75 Å². The number of amides is 17. The van der Waals surface area contributed by atoms with Gasteiger partial charge in [0, 0.05) is 106 Å². The summed E-state index contributed by atoms with van der Waals surface area (Å²) in [5.41, 5.74) is 18.3.